The van der Waals surface area contributed by atoms with Gasteiger partial charge in [0.15, 0.2) is 0 Å². The first-order valence-electron chi connectivity index (χ1n) is 6.78. The summed E-state index contributed by atoms with van der Waals surface area (Å²) in [5.74, 6) is -1.39. The number of amides is 1. The van der Waals surface area contributed by atoms with Crippen molar-refractivity contribution >= 4 is 22.3 Å². The molecule has 10 nitrogen and oxygen atoms in total. The fraction of sp³-hybridized carbons (Fsp3) is 0.154. The molecule has 3 aromatic rings. The molecule has 0 saturated carbocycles. The first-order chi connectivity index (χ1) is 12.1. The van der Waals surface area contributed by atoms with E-state index in [1.54, 1.807) is 0 Å². The van der Waals surface area contributed by atoms with Gasteiger partial charge in [-0.2, -0.15) is 0 Å². The van der Waals surface area contributed by atoms with Crippen LogP contribution >= 0.6 is 15.9 Å². The van der Waals surface area contributed by atoms with Gasteiger partial charge in [0.2, 0.25) is 17.9 Å². The Labute approximate surface area is 146 Å². The van der Waals surface area contributed by atoms with Crippen LogP contribution in [0.3, 0.4) is 0 Å². The molecule has 1 N–H and O–H groups in total. The summed E-state index contributed by atoms with van der Waals surface area (Å²) in [6.45, 7) is 0.316. The Balaban J connectivity index is 1.97. The van der Waals surface area contributed by atoms with Crippen LogP contribution in [0.2, 0.25) is 0 Å². The third-order valence-corrected chi connectivity index (χ3v) is 3.61. The highest BCUT2D eigenvalue weighted by atomic mass is 79.9. The van der Waals surface area contributed by atoms with Crippen LogP contribution < -0.4 is 15.8 Å². The van der Waals surface area contributed by atoms with Gasteiger partial charge >= 0.3 is 5.76 Å². The van der Waals surface area contributed by atoms with Crippen LogP contribution in [0, 0.1) is 5.82 Å². The molecule has 0 aliphatic heterocycles. The van der Waals surface area contributed by atoms with E-state index in [0.717, 1.165) is 4.57 Å². The number of hydrogen-bond donors (Lipinski definition) is 1. The van der Waals surface area contributed by atoms with Gasteiger partial charge in [-0.1, -0.05) is 5.16 Å². The molecule has 130 valence electrons. The van der Waals surface area contributed by atoms with Crippen LogP contribution in [0.4, 0.5) is 4.39 Å². The Morgan fingerprint density at radius 3 is 2.96 bits per heavy atom. The number of rotatable bonds is 7. The van der Waals surface area contributed by atoms with Crippen LogP contribution in [0.15, 0.2) is 36.6 Å². The highest BCUT2D eigenvalue weighted by Gasteiger charge is 2.24. The third kappa shape index (κ3) is 3.42. The van der Waals surface area contributed by atoms with Crippen LogP contribution in [0.1, 0.15) is 0 Å². The Bertz CT molecular complexity index is 952. The maximum atomic E-state index is 13.4. The molecule has 0 bridgehead atoms. The average Bonchev–Trinajstić information content (AvgIpc) is 3.20. The van der Waals surface area contributed by atoms with Crippen LogP contribution in [-0.4, -0.2) is 39.6 Å². The van der Waals surface area contributed by atoms with Crippen molar-refractivity contribution in [1.29, 1.82) is 0 Å². The van der Waals surface area contributed by atoms with Crippen molar-refractivity contribution in [3.05, 3.63) is 39.0 Å². The van der Waals surface area contributed by atoms with E-state index in [1.165, 1.54) is 18.2 Å². The fourth-order valence-corrected chi connectivity index (χ4v) is 2.30. The predicted molar refractivity (Wildman–Crippen MR) is 82.6 cm³/mol. The molecule has 2 heterocycles. The lowest BCUT2D eigenvalue weighted by molar-refractivity contribution is -0.109. The number of carbonyl (C=O) groups excluding carboxylic acids is 1. The van der Waals surface area contributed by atoms with Gasteiger partial charge in [0, 0.05) is 0 Å². The Kier molecular flexibility index (Phi) is 4.88. The lowest BCUT2D eigenvalue weighted by Crippen LogP contribution is -2.19. The van der Waals surface area contributed by atoms with E-state index in [4.69, 9.17) is 4.74 Å². The summed E-state index contributed by atoms with van der Waals surface area (Å²) >= 11 is 3.04. The van der Waals surface area contributed by atoms with Gasteiger partial charge < -0.3 is 10.1 Å². The number of nitrogens with one attached hydrogen (secondary N) is 1. The van der Waals surface area contributed by atoms with Crippen molar-refractivity contribution in [1.82, 2.24) is 25.4 Å². The lowest BCUT2D eigenvalue weighted by atomic mass is 10.3. The number of benzene rings is 1. The van der Waals surface area contributed by atoms with E-state index in [-0.39, 0.29) is 40.7 Å². The second-order valence-corrected chi connectivity index (χ2v) is 5.40. The molecular formula is C13H9BrFN5O5. The van der Waals surface area contributed by atoms with Gasteiger partial charge in [0.1, 0.15) is 12.4 Å². The van der Waals surface area contributed by atoms with E-state index in [0.29, 0.717) is 6.41 Å². The molecule has 0 radical (unpaired) electrons. The topological polar surface area (TPSA) is 125 Å². The summed E-state index contributed by atoms with van der Waals surface area (Å²) in [7, 11) is 0. The summed E-state index contributed by atoms with van der Waals surface area (Å²) in [6.07, 6.45) is 0.521. The van der Waals surface area contributed by atoms with Crippen molar-refractivity contribution < 1.29 is 23.1 Å². The van der Waals surface area contributed by atoms with Gasteiger partial charge in [-0.3, -0.25) is 9.32 Å². The smallest absolute Gasteiger partial charge is 0.446 e. The maximum absolute atomic E-state index is 13.4. The first-order valence-corrected chi connectivity index (χ1v) is 7.58. The summed E-state index contributed by atoms with van der Waals surface area (Å²) in [6, 6.07) is 3.91. The van der Waals surface area contributed by atoms with Crippen molar-refractivity contribution in [3.63, 3.8) is 0 Å². The van der Waals surface area contributed by atoms with Crippen molar-refractivity contribution in [2.45, 2.75) is 0 Å². The molecule has 12 heteroatoms. The minimum absolute atomic E-state index is 0.0115. The molecule has 1 amide bonds. The highest BCUT2D eigenvalue weighted by Crippen LogP contribution is 2.27. The minimum atomic E-state index is -0.815. The quantitative estimate of drug-likeness (QED) is 0.447. The Morgan fingerprint density at radius 1 is 1.36 bits per heavy atom. The summed E-state index contributed by atoms with van der Waals surface area (Å²) in [4.78, 5) is 22.2. The number of ether oxygens (including phenoxy) is 1. The highest BCUT2D eigenvalue weighted by molar-refractivity contribution is 9.10. The molecule has 1 aromatic carbocycles. The van der Waals surface area contributed by atoms with Gasteiger partial charge in [-0.05, 0) is 44.4 Å². The van der Waals surface area contributed by atoms with Gasteiger partial charge in [0.05, 0.1) is 16.7 Å². The van der Waals surface area contributed by atoms with E-state index < -0.39 is 11.6 Å². The monoisotopic (exact) mass is 413 g/mol. The lowest BCUT2D eigenvalue weighted by Gasteiger charge is -2.05. The molecule has 0 unspecified atom stereocenters. The average molecular weight is 414 g/mol. The molecule has 0 fully saturated rings. The molecule has 3 rings (SSSR count). The van der Waals surface area contributed by atoms with E-state index in [2.05, 4.69) is 45.9 Å². The predicted octanol–water partition coefficient (Wildman–Crippen LogP) is 0.902. The number of nitrogens with zero attached hydrogens (tertiary/aromatic N) is 4. The number of halogens is 2. The van der Waals surface area contributed by atoms with E-state index >= 15 is 0 Å². The summed E-state index contributed by atoms with van der Waals surface area (Å²) in [5.41, 5.74) is 0.295. The standard InChI is InChI=1S/C13H9BrFN5O5/c14-8-5-7(1-2-9(8)15)20-11(18-24-13(20)22)10-12(19-25-17-10)23-4-3-16-6-21/h1-2,5-6H,3-4H2,(H,16,21). The van der Waals surface area contributed by atoms with Crippen LogP contribution in [-0.2, 0) is 4.79 Å². The van der Waals surface area contributed by atoms with Crippen LogP contribution in [0.5, 0.6) is 5.88 Å². The normalized spacial score (nSPS) is 10.6. The van der Waals surface area contributed by atoms with Gasteiger partial charge in [-0.15, -0.1) is 0 Å². The third-order valence-electron chi connectivity index (χ3n) is 3.00. The number of carbonyl (C=O) groups is 1. The SMILES string of the molecule is O=CNCCOc1nonc1-c1noc(=O)n1-c1ccc(F)c(Br)c1. The molecule has 0 aliphatic carbocycles. The first kappa shape index (κ1) is 16.8. The molecule has 0 saturated heterocycles. The van der Waals surface area contributed by atoms with Gasteiger partial charge in [-0.25, -0.2) is 18.4 Å². The molecule has 0 spiro atoms. The molecule has 0 atom stereocenters. The maximum Gasteiger partial charge on any atom is 0.446 e. The van der Waals surface area contributed by atoms with Gasteiger partial charge in [0.25, 0.3) is 5.88 Å². The van der Waals surface area contributed by atoms with Crippen molar-refractivity contribution in [2.24, 2.45) is 0 Å². The van der Waals surface area contributed by atoms with Crippen molar-refractivity contribution in [3.8, 4) is 23.1 Å². The second kappa shape index (κ2) is 7.25. The zero-order chi connectivity index (χ0) is 17.8. The number of hydrogen-bond acceptors (Lipinski definition) is 8. The largest absolute Gasteiger partial charge is 0.472 e. The van der Waals surface area contributed by atoms with Crippen molar-refractivity contribution in [2.75, 3.05) is 13.2 Å². The summed E-state index contributed by atoms with van der Waals surface area (Å²) in [5, 5.41) is 13.3. The minimum Gasteiger partial charge on any atom is -0.472 e. The van der Waals surface area contributed by atoms with E-state index in [1.807, 2.05) is 0 Å². The molecule has 0 aliphatic rings. The molecule has 2 aromatic heterocycles. The Morgan fingerprint density at radius 2 is 2.20 bits per heavy atom. The fourth-order valence-electron chi connectivity index (χ4n) is 1.93. The van der Waals surface area contributed by atoms with E-state index in [9.17, 15) is 14.0 Å². The molecule has 25 heavy (non-hydrogen) atoms. The Hall–Kier alpha value is -3.02. The second-order valence-electron chi connectivity index (χ2n) is 4.54. The zero-order valence-corrected chi connectivity index (χ0v) is 13.9. The summed E-state index contributed by atoms with van der Waals surface area (Å²) < 4.78 is 29.2. The number of aromatic nitrogens is 4. The zero-order valence-electron chi connectivity index (χ0n) is 12.3. The molecular weight excluding hydrogens is 405 g/mol. The van der Waals surface area contributed by atoms with Crippen LogP contribution in [0.25, 0.3) is 17.2 Å².